The van der Waals surface area contributed by atoms with Crippen molar-refractivity contribution in [3.05, 3.63) is 89.0 Å². The molecular formula is C22H17NO5. The third kappa shape index (κ3) is 3.96. The summed E-state index contributed by atoms with van der Waals surface area (Å²) >= 11 is 0. The monoisotopic (exact) mass is 375 g/mol. The number of carbonyl (C=O) groups is 4. The van der Waals surface area contributed by atoms with Crippen LogP contribution in [-0.4, -0.2) is 30.0 Å². The van der Waals surface area contributed by atoms with Crippen LogP contribution in [0.25, 0.3) is 0 Å². The summed E-state index contributed by atoms with van der Waals surface area (Å²) in [6, 6.07) is 11.1. The number of nitrogens with one attached hydrogen (secondary N) is 1. The largest absolute Gasteiger partial charge is 0.452 e. The van der Waals surface area contributed by atoms with Gasteiger partial charge in [-0.2, -0.15) is 0 Å². The summed E-state index contributed by atoms with van der Waals surface area (Å²) in [5, 5.41) is 2.56. The molecule has 6 nitrogen and oxygen atoms in total. The molecule has 1 aliphatic carbocycles. The number of carbonyl (C=O) groups excluding carboxylic acids is 4. The summed E-state index contributed by atoms with van der Waals surface area (Å²) < 4.78 is 4.83. The zero-order valence-electron chi connectivity index (χ0n) is 15.1. The smallest absolute Gasteiger partial charge is 0.331 e. The van der Waals surface area contributed by atoms with E-state index in [0.717, 1.165) is 0 Å². The van der Waals surface area contributed by atoms with Gasteiger partial charge < -0.3 is 10.1 Å². The van der Waals surface area contributed by atoms with Crippen molar-refractivity contribution in [2.24, 2.45) is 0 Å². The van der Waals surface area contributed by atoms with Crippen LogP contribution in [-0.2, 0) is 14.3 Å². The van der Waals surface area contributed by atoms with Crippen LogP contribution in [0.3, 0.4) is 0 Å². The minimum absolute atomic E-state index is 0.229. The highest BCUT2D eigenvalue weighted by Gasteiger charge is 2.29. The van der Waals surface area contributed by atoms with E-state index < -0.39 is 18.5 Å². The Morgan fingerprint density at radius 2 is 1.57 bits per heavy atom. The van der Waals surface area contributed by atoms with E-state index >= 15 is 0 Å². The molecule has 0 aromatic heterocycles. The third-order valence-electron chi connectivity index (χ3n) is 4.09. The predicted molar refractivity (Wildman–Crippen MR) is 103 cm³/mol. The number of esters is 1. The lowest BCUT2D eigenvalue weighted by Crippen LogP contribution is -2.23. The van der Waals surface area contributed by atoms with Gasteiger partial charge in [0.25, 0.3) is 5.91 Å². The number of ketones is 2. The summed E-state index contributed by atoms with van der Waals surface area (Å²) in [7, 11) is 0. The summed E-state index contributed by atoms with van der Waals surface area (Å²) in [5.74, 6) is -1.70. The minimum Gasteiger partial charge on any atom is -0.452 e. The molecule has 3 rings (SSSR count). The van der Waals surface area contributed by atoms with Gasteiger partial charge in [-0.25, -0.2) is 4.79 Å². The van der Waals surface area contributed by atoms with E-state index in [2.05, 4.69) is 5.32 Å². The van der Waals surface area contributed by atoms with Crippen molar-refractivity contribution in [1.29, 1.82) is 0 Å². The van der Waals surface area contributed by atoms with Crippen molar-refractivity contribution < 1.29 is 23.9 Å². The fourth-order valence-electron chi connectivity index (χ4n) is 2.80. The van der Waals surface area contributed by atoms with E-state index in [-0.39, 0.29) is 17.1 Å². The molecule has 0 saturated carbocycles. The van der Waals surface area contributed by atoms with Crippen LogP contribution in [0.5, 0.6) is 0 Å². The SMILES string of the molecule is C/C=C/C=C/C(=O)OCC(=O)Nc1ccc2c(c1)C(=O)c1ccccc1C2=O. The number of anilines is 1. The van der Waals surface area contributed by atoms with Crippen LogP contribution < -0.4 is 5.32 Å². The number of ether oxygens (including phenoxy) is 1. The fourth-order valence-corrected chi connectivity index (χ4v) is 2.80. The molecule has 6 heteroatoms. The van der Waals surface area contributed by atoms with Gasteiger partial charge in [-0.3, -0.25) is 14.4 Å². The van der Waals surface area contributed by atoms with Gasteiger partial charge in [0.2, 0.25) is 0 Å². The molecule has 1 aliphatic rings. The summed E-state index contributed by atoms with van der Waals surface area (Å²) in [5.41, 5.74) is 1.57. The number of benzene rings is 2. The van der Waals surface area contributed by atoms with Crippen LogP contribution in [0.2, 0.25) is 0 Å². The Bertz CT molecular complexity index is 1030. The van der Waals surface area contributed by atoms with Crippen LogP contribution in [0.4, 0.5) is 5.69 Å². The molecule has 0 unspecified atom stereocenters. The lowest BCUT2D eigenvalue weighted by Gasteiger charge is -2.18. The first-order valence-corrected chi connectivity index (χ1v) is 8.59. The molecule has 0 heterocycles. The minimum atomic E-state index is -0.643. The maximum Gasteiger partial charge on any atom is 0.331 e. The Kier molecular flexibility index (Phi) is 5.60. The summed E-state index contributed by atoms with van der Waals surface area (Å²) in [6.45, 7) is 1.34. The highest BCUT2D eigenvalue weighted by molar-refractivity contribution is 6.28. The Labute approximate surface area is 161 Å². The first kappa shape index (κ1) is 19.0. The maximum absolute atomic E-state index is 12.7. The average molecular weight is 375 g/mol. The second-order valence-corrected chi connectivity index (χ2v) is 6.00. The van der Waals surface area contributed by atoms with Gasteiger partial charge in [-0.1, -0.05) is 42.5 Å². The Hall–Kier alpha value is -3.80. The fraction of sp³-hybridized carbons (Fsp3) is 0.0909. The van der Waals surface area contributed by atoms with Crippen molar-refractivity contribution in [1.82, 2.24) is 0 Å². The van der Waals surface area contributed by atoms with Crippen molar-refractivity contribution in [3.8, 4) is 0 Å². The zero-order valence-corrected chi connectivity index (χ0v) is 15.1. The Morgan fingerprint density at radius 1 is 0.929 bits per heavy atom. The van der Waals surface area contributed by atoms with Crippen LogP contribution in [0.15, 0.2) is 66.8 Å². The van der Waals surface area contributed by atoms with Gasteiger partial charge in [0.05, 0.1) is 0 Å². The number of amides is 1. The first-order chi connectivity index (χ1) is 13.5. The predicted octanol–water partition coefficient (Wildman–Crippen LogP) is 3.08. The molecule has 2 aromatic carbocycles. The second kappa shape index (κ2) is 8.26. The molecule has 0 aliphatic heterocycles. The van der Waals surface area contributed by atoms with Gasteiger partial charge in [-0.15, -0.1) is 0 Å². The van der Waals surface area contributed by atoms with Crippen molar-refractivity contribution >= 4 is 29.1 Å². The van der Waals surface area contributed by atoms with Crippen molar-refractivity contribution in [3.63, 3.8) is 0 Å². The van der Waals surface area contributed by atoms with Crippen molar-refractivity contribution in [2.45, 2.75) is 6.92 Å². The van der Waals surface area contributed by atoms with Gasteiger partial charge in [-0.05, 0) is 25.1 Å². The number of fused-ring (bicyclic) bond motifs is 2. The molecule has 28 heavy (non-hydrogen) atoms. The maximum atomic E-state index is 12.7. The number of allylic oxidation sites excluding steroid dienone is 3. The summed E-state index contributed by atoms with van der Waals surface area (Å²) in [6.07, 6.45) is 6.11. The van der Waals surface area contributed by atoms with Gasteiger partial charge in [0.1, 0.15) is 0 Å². The molecule has 0 atom stereocenters. The van der Waals surface area contributed by atoms with Gasteiger partial charge in [0, 0.05) is 34.0 Å². The standard InChI is InChI=1S/C22H17NO5/c1-2-3-4-9-20(25)28-13-19(24)23-14-10-11-17-18(12-14)22(27)16-8-6-5-7-15(16)21(17)26/h2-12H,13H2,1H3,(H,23,24)/b3-2+,9-4+. The van der Waals surface area contributed by atoms with E-state index in [1.54, 1.807) is 43.3 Å². The van der Waals surface area contributed by atoms with Gasteiger partial charge >= 0.3 is 5.97 Å². The number of rotatable bonds is 5. The normalized spacial score (nSPS) is 12.8. The highest BCUT2D eigenvalue weighted by Crippen LogP contribution is 2.29. The number of hydrogen-bond donors (Lipinski definition) is 1. The lowest BCUT2D eigenvalue weighted by molar-refractivity contribution is -0.142. The first-order valence-electron chi connectivity index (χ1n) is 8.59. The van der Waals surface area contributed by atoms with E-state index in [1.807, 2.05) is 0 Å². The van der Waals surface area contributed by atoms with E-state index in [1.165, 1.54) is 30.4 Å². The Balaban J connectivity index is 1.70. The molecule has 1 amide bonds. The molecule has 140 valence electrons. The van der Waals surface area contributed by atoms with E-state index in [4.69, 9.17) is 4.74 Å². The quantitative estimate of drug-likeness (QED) is 0.420. The highest BCUT2D eigenvalue weighted by atomic mass is 16.5. The topological polar surface area (TPSA) is 89.5 Å². The van der Waals surface area contributed by atoms with Crippen LogP contribution in [0, 0.1) is 0 Å². The molecular weight excluding hydrogens is 358 g/mol. The van der Waals surface area contributed by atoms with Gasteiger partial charge in [0.15, 0.2) is 18.2 Å². The molecule has 1 N–H and O–H groups in total. The van der Waals surface area contributed by atoms with Crippen LogP contribution in [0.1, 0.15) is 38.8 Å². The molecule has 2 aromatic rings. The molecule has 0 radical (unpaired) electrons. The molecule has 0 spiro atoms. The molecule has 0 fully saturated rings. The second-order valence-electron chi connectivity index (χ2n) is 6.00. The average Bonchev–Trinajstić information content (AvgIpc) is 2.70. The molecule has 0 saturated heterocycles. The van der Waals surface area contributed by atoms with E-state index in [9.17, 15) is 19.2 Å². The Morgan fingerprint density at radius 3 is 2.25 bits per heavy atom. The molecule has 0 bridgehead atoms. The van der Waals surface area contributed by atoms with Crippen LogP contribution >= 0.6 is 0 Å². The summed E-state index contributed by atoms with van der Waals surface area (Å²) in [4.78, 5) is 48.7. The van der Waals surface area contributed by atoms with Crippen molar-refractivity contribution in [2.75, 3.05) is 11.9 Å². The number of hydrogen-bond acceptors (Lipinski definition) is 5. The van der Waals surface area contributed by atoms with E-state index in [0.29, 0.717) is 22.4 Å². The lowest BCUT2D eigenvalue weighted by atomic mass is 9.84. The third-order valence-corrected chi connectivity index (χ3v) is 4.09. The zero-order chi connectivity index (χ0) is 20.1.